The Morgan fingerprint density at radius 1 is 1.10 bits per heavy atom. The van der Waals surface area contributed by atoms with Gasteiger partial charge in [-0.2, -0.15) is 0 Å². The van der Waals surface area contributed by atoms with Crippen LogP contribution in [-0.4, -0.2) is 29.5 Å². The molecule has 8 heteroatoms. The van der Waals surface area contributed by atoms with Gasteiger partial charge in [0.25, 0.3) is 18.2 Å². The van der Waals surface area contributed by atoms with Gasteiger partial charge in [0, 0.05) is 12.8 Å². The maximum atomic E-state index is 12.9. The zero-order chi connectivity index (χ0) is 15.4. The van der Waals surface area contributed by atoms with Crippen molar-refractivity contribution in [3.05, 3.63) is 35.9 Å². The van der Waals surface area contributed by atoms with Crippen molar-refractivity contribution in [2.24, 2.45) is 0 Å². The van der Waals surface area contributed by atoms with E-state index >= 15 is 0 Å². The van der Waals surface area contributed by atoms with Crippen molar-refractivity contribution >= 4 is 18.0 Å². The Morgan fingerprint density at radius 2 is 1.67 bits per heavy atom. The largest absolute Gasteiger partial charge is 0.534 e. The molecule has 0 bridgehead atoms. The second-order valence-electron chi connectivity index (χ2n) is 4.21. The van der Waals surface area contributed by atoms with E-state index in [0.717, 1.165) is 0 Å². The van der Waals surface area contributed by atoms with Crippen LogP contribution in [0.1, 0.15) is 24.5 Å². The summed E-state index contributed by atoms with van der Waals surface area (Å²) in [5.74, 6) is -1.43. The molecule has 21 heavy (non-hydrogen) atoms. The quantitative estimate of drug-likeness (QED) is 0.629. The molecule has 1 heterocycles. The first-order valence-corrected chi connectivity index (χ1v) is 6.06. The van der Waals surface area contributed by atoms with Crippen molar-refractivity contribution in [1.82, 2.24) is 5.06 Å². The van der Waals surface area contributed by atoms with Gasteiger partial charge in [0.05, 0.1) is 0 Å². The third-order valence-corrected chi connectivity index (χ3v) is 2.75. The van der Waals surface area contributed by atoms with Crippen molar-refractivity contribution < 1.29 is 32.7 Å². The Bertz CT molecular complexity index is 533. The van der Waals surface area contributed by atoms with Crippen molar-refractivity contribution in [1.29, 1.82) is 0 Å². The predicted molar refractivity (Wildman–Crippen MR) is 63.8 cm³/mol. The lowest BCUT2D eigenvalue weighted by Crippen LogP contribution is -2.33. The van der Waals surface area contributed by atoms with E-state index in [0.29, 0.717) is 0 Å². The molecule has 0 saturated carbocycles. The first-order valence-electron chi connectivity index (χ1n) is 6.06. The van der Waals surface area contributed by atoms with Gasteiger partial charge in [-0.05, 0) is 5.56 Å². The summed E-state index contributed by atoms with van der Waals surface area (Å²) in [5.41, 5.74) is 0.0727. The standard InChI is InChI=1S/C13H11F2NO5/c14-12(15)11(8-4-2-1-3-5-8)20-13(19)21-16-9(17)6-7-10(16)18/h1-5,11-12H,6-7H2. The molecular formula is C13H11F2NO5. The Balaban J connectivity index is 2.02. The number of amides is 2. The monoisotopic (exact) mass is 299 g/mol. The Labute approximate surface area is 118 Å². The normalized spacial score (nSPS) is 16.2. The van der Waals surface area contributed by atoms with Crippen LogP contribution in [-0.2, 0) is 19.2 Å². The molecule has 1 fully saturated rings. The van der Waals surface area contributed by atoms with Crippen molar-refractivity contribution in [3.8, 4) is 0 Å². The van der Waals surface area contributed by atoms with Crippen molar-refractivity contribution in [2.45, 2.75) is 25.4 Å². The maximum absolute atomic E-state index is 12.9. The molecular weight excluding hydrogens is 288 g/mol. The first-order chi connectivity index (χ1) is 9.99. The van der Waals surface area contributed by atoms with Gasteiger partial charge < -0.3 is 4.74 Å². The van der Waals surface area contributed by atoms with Crippen LogP contribution in [0.5, 0.6) is 0 Å². The first kappa shape index (κ1) is 14.9. The number of hydrogen-bond acceptors (Lipinski definition) is 5. The average Bonchev–Trinajstić information content (AvgIpc) is 2.77. The smallest absolute Gasteiger partial charge is 0.418 e. The molecule has 2 rings (SSSR count). The third kappa shape index (κ3) is 3.53. The fraction of sp³-hybridized carbons (Fsp3) is 0.308. The van der Waals surface area contributed by atoms with E-state index in [1.54, 1.807) is 6.07 Å². The number of hydroxylamine groups is 2. The molecule has 0 spiro atoms. The minimum absolute atomic E-state index is 0.0727. The number of carbonyl (C=O) groups is 3. The highest BCUT2D eigenvalue weighted by Gasteiger charge is 2.35. The van der Waals surface area contributed by atoms with Crippen LogP contribution in [0.25, 0.3) is 0 Å². The Kier molecular flexibility index (Phi) is 4.46. The average molecular weight is 299 g/mol. The SMILES string of the molecule is O=C(OC(c1ccccc1)C(F)F)ON1C(=O)CCC1=O. The second kappa shape index (κ2) is 6.29. The van der Waals surface area contributed by atoms with Crippen molar-refractivity contribution in [3.63, 3.8) is 0 Å². The lowest BCUT2D eigenvalue weighted by atomic mass is 10.1. The van der Waals surface area contributed by atoms with Crippen LogP contribution in [0.15, 0.2) is 30.3 Å². The highest BCUT2D eigenvalue weighted by atomic mass is 19.3. The minimum Gasteiger partial charge on any atom is -0.418 e. The summed E-state index contributed by atoms with van der Waals surface area (Å²) in [4.78, 5) is 38.3. The predicted octanol–water partition coefficient (Wildman–Crippen LogP) is 2.21. The van der Waals surface area contributed by atoms with E-state index in [1.165, 1.54) is 24.3 Å². The minimum atomic E-state index is -2.98. The summed E-state index contributed by atoms with van der Waals surface area (Å²) in [5, 5.41) is 0.232. The van der Waals surface area contributed by atoms with Crippen LogP contribution in [0, 0.1) is 0 Å². The molecule has 1 aliphatic rings. The fourth-order valence-electron chi connectivity index (χ4n) is 1.77. The number of rotatable bonds is 4. The second-order valence-corrected chi connectivity index (χ2v) is 4.21. The molecule has 1 unspecified atom stereocenters. The lowest BCUT2D eigenvalue weighted by molar-refractivity contribution is -0.180. The molecule has 1 aliphatic heterocycles. The van der Waals surface area contributed by atoms with E-state index in [1.807, 2.05) is 0 Å². The summed E-state index contributed by atoms with van der Waals surface area (Å²) in [6.45, 7) is 0. The van der Waals surface area contributed by atoms with Gasteiger partial charge >= 0.3 is 6.16 Å². The summed E-state index contributed by atoms with van der Waals surface area (Å²) in [6, 6.07) is 7.35. The number of nitrogens with zero attached hydrogens (tertiary/aromatic N) is 1. The van der Waals surface area contributed by atoms with E-state index in [2.05, 4.69) is 9.57 Å². The topological polar surface area (TPSA) is 72.9 Å². The number of ether oxygens (including phenoxy) is 1. The fourth-order valence-corrected chi connectivity index (χ4v) is 1.77. The van der Waals surface area contributed by atoms with Gasteiger partial charge in [0.1, 0.15) is 0 Å². The molecule has 0 N–H and O–H groups in total. The van der Waals surface area contributed by atoms with Gasteiger partial charge in [-0.1, -0.05) is 35.4 Å². The Morgan fingerprint density at radius 3 is 2.19 bits per heavy atom. The van der Waals surface area contributed by atoms with Gasteiger partial charge in [0.15, 0.2) is 6.10 Å². The van der Waals surface area contributed by atoms with Crippen LogP contribution < -0.4 is 0 Å². The summed E-state index contributed by atoms with van der Waals surface area (Å²) < 4.78 is 30.4. The summed E-state index contributed by atoms with van der Waals surface area (Å²) >= 11 is 0. The number of hydrogen-bond donors (Lipinski definition) is 0. The van der Waals surface area contributed by atoms with Crippen LogP contribution in [0.2, 0.25) is 0 Å². The van der Waals surface area contributed by atoms with Gasteiger partial charge in [-0.3, -0.25) is 14.4 Å². The number of halogens is 2. The zero-order valence-electron chi connectivity index (χ0n) is 10.7. The van der Waals surface area contributed by atoms with Crippen LogP contribution in [0.4, 0.5) is 13.6 Å². The van der Waals surface area contributed by atoms with Gasteiger partial charge in [-0.15, -0.1) is 0 Å². The maximum Gasteiger partial charge on any atom is 0.534 e. The molecule has 1 aromatic carbocycles. The van der Waals surface area contributed by atoms with Crippen LogP contribution in [0.3, 0.4) is 0 Å². The van der Waals surface area contributed by atoms with Gasteiger partial charge in [-0.25, -0.2) is 13.6 Å². The molecule has 6 nitrogen and oxygen atoms in total. The molecule has 112 valence electrons. The highest BCUT2D eigenvalue weighted by Crippen LogP contribution is 2.25. The molecule has 1 atom stereocenters. The third-order valence-electron chi connectivity index (χ3n) is 2.75. The molecule has 1 aromatic rings. The molecule has 0 radical (unpaired) electrons. The van der Waals surface area contributed by atoms with E-state index < -0.39 is 30.5 Å². The number of benzene rings is 1. The van der Waals surface area contributed by atoms with Gasteiger partial charge in [0.2, 0.25) is 0 Å². The lowest BCUT2D eigenvalue weighted by Gasteiger charge is -2.18. The van der Waals surface area contributed by atoms with E-state index in [9.17, 15) is 23.2 Å². The summed E-state index contributed by atoms with van der Waals surface area (Å²) in [6.07, 6.45) is -6.55. The number of imide groups is 1. The van der Waals surface area contributed by atoms with E-state index in [4.69, 9.17) is 0 Å². The molecule has 1 saturated heterocycles. The zero-order valence-corrected chi connectivity index (χ0v) is 10.7. The number of alkyl halides is 2. The molecule has 0 aromatic heterocycles. The molecule has 0 aliphatic carbocycles. The van der Waals surface area contributed by atoms with Crippen molar-refractivity contribution in [2.75, 3.05) is 0 Å². The molecule has 2 amide bonds. The van der Waals surface area contributed by atoms with E-state index in [-0.39, 0.29) is 23.5 Å². The Hall–Kier alpha value is -2.51. The number of carbonyl (C=O) groups excluding carboxylic acids is 3. The highest BCUT2D eigenvalue weighted by molar-refractivity contribution is 6.01. The summed E-state index contributed by atoms with van der Waals surface area (Å²) in [7, 11) is 0. The van der Waals surface area contributed by atoms with Crippen LogP contribution >= 0.6 is 0 Å².